The molecule has 5 nitrogen and oxygen atoms in total. The molecular weight excluding hydrogens is 326 g/mol. The molecule has 3 aliphatic carbocycles. The molecule has 0 spiro atoms. The number of carbonyl (C=O) groups excluding carboxylic acids is 2. The van der Waals surface area contributed by atoms with Crippen molar-refractivity contribution in [2.45, 2.75) is 120 Å². The predicted molar refractivity (Wildman–Crippen MR) is 104 cm³/mol. The zero-order valence-electron chi connectivity index (χ0n) is 16.3. The van der Waals surface area contributed by atoms with Crippen LogP contribution in [0.25, 0.3) is 0 Å². The molecule has 3 N–H and O–H groups in total. The fourth-order valence-electron chi connectivity index (χ4n) is 5.31. The summed E-state index contributed by atoms with van der Waals surface area (Å²) in [6.07, 6.45) is 17.3. The summed E-state index contributed by atoms with van der Waals surface area (Å²) in [6.45, 7) is 0. The zero-order valence-corrected chi connectivity index (χ0v) is 16.3. The first-order chi connectivity index (χ1) is 12.7. The quantitative estimate of drug-likeness (QED) is 0.711. The van der Waals surface area contributed by atoms with Crippen LogP contribution in [0.4, 0.5) is 0 Å². The van der Waals surface area contributed by atoms with E-state index in [1.807, 2.05) is 0 Å². The van der Waals surface area contributed by atoms with E-state index in [9.17, 15) is 9.59 Å². The lowest BCUT2D eigenvalue weighted by Crippen LogP contribution is -2.60. The maximum atomic E-state index is 13.5. The standard InChI is InChI=1S/C21H37N3O2/c22-20(25)19(23-16-10-4-1-5-11-16)21(26)24(17-12-6-2-7-13-17)18-14-8-3-9-15-18/h16-19,23H,1-15H2,(H2,22,25). The van der Waals surface area contributed by atoms with Crippen LogP contribution in [0.3, 0.4) is 0 Å². The van der Waals surface area contributed by atoms with Crippen LogP contribution >= 0.6 is 0 Å². The number of nitrogens with two attached hydrogens (primary N) is 1. The minimum atomic E-state index is -0.845. The Balaban J connectivity index is 1.74. The van der Waals surface area contributed by atoms with Gasteiger partial charge < -0.3 is 10.6 Å². The van der Waals surface area contributed by atoms with Crippen LogP contribution in [0.1, 0.15) is 96.3 Å². The van der Waals surface area contributed by atoms with E-state index in [0.29, 0.717) is 12.1 Å². The molecule has 26 heavy (non-hydrogen) atoms. The molecule has 0 aromatic carbocycles. The van der Waals surface area contributed by atoms with Crippen molar-refractivity contribution < 1.29 is 9.59 Å². The molecule has 0 radical (unpaired) electrons. The summed E-state index contributed by atoms with van der Waals surface area (Å²) in [5.41, 5.74) is 5.70. The lowest BCUT2D eigenvalue weighted by atomic mass is 9.87. The Morgan fingerprint density at radius 3 is 1.58 bits per heavy atom. The third-order valence-corrected chi connectivity index (χ3v) is 6.73. The number of carbonyl (C=O) groups is 2. The number of nitrogens with one attached hydrogen (secondary N) is 1. The van der Waals surface area contributed by atoms with Gasteiger partial charge in [0.15, 0.2) is 6.04 Å². The number of nitrogens with zero attached hydrogens (tertiary/aromatic N) is 1. The molecule has 3 fully saturated rings. The second-order valence-electron chi connectivity index (χ2n) is 8.67. The number of primary amides is 1. The van der Waals surface area contributed by atoms with Crippen LogP contribution in [-0.2, 0) is 9.59 Å². The van der Waals surface area contributed by atoms with Crippen LogP contribution in [0, 0.1) is 0 Å². The Hall–Kier alpha value is -1.10. The van der Waals surface area contributed by atoms with Crippen LogP contribution in [0.5, 0.6) is 0 Å². The van der Waals surface area contributed by atoms with Gasteiger partial charge in [0.25, 0.3) is 0 Å². The van der Waals surface area contributed by atoms with Crippen LogP contribution in [-0.4, -0.2) is 40.9 Å². The fraction of sp³-hybridized carbons (Fsp3) is 0.905. The van der Waals surface area contributed by atoms with Gasteiger partial charge in [0.1, 0.15) is 0 Å². The summed E-state index contributed by atoms with van der Waals surface area (Å²) < 4.78 is 0. The highest BCUT2D eigenvalue weighted by Crippen LogP contribution is 2.31. The third kappa shape index (κ3) is 4.99. The molecule has 0 saturated heterocycles. The first kappa shape index (κ1) is 19.7. The monoisotopic (exact) mass is 363 g/mol. The van der Waals surface area contributed by atoms with E-state index in [1.54, 1.807) is 0 Å². The molecule has 0 aliphatic heterocycles. The molecule has 1 unspecified atom stereocenters. The van der Waals surface area contributed by atoms with Crippen LogP contribution in [0.15, 0.2) is 0 Å². The van der Waals surface area contributed by atoms with Crippen molar-refractivity contribution in [3.05, 3.63) is 0 Å². The lowest BCUT2D eigenvalue weighted by Gasteiger charge is -2.43. The predicted octanol–water partition coefficient (Wildman–Crippen LogP) is 3.26. The molecule has 2 amide bonds. The van der Waals surface area contributed by atoms with E-state index in [-0.39, 0.29) is 11.9 Å². The van der Waals surface area contributed by atoms with Crippen molar-refractivity contribution in [1.29, 1.82) is 0 Å². The van der Waals surface area contributed by atoms with Crippen molar-refractivity contribution in [2.75, 3.05) is 0 Å². The Bertz CT molecular complexity index is 446. The average Bonchev–Trinajstić information content (AvgIpc) is 2.68. The minimum Gasteiger partial charge on any atom is -0.368 e. The summed E-state index contributed by atoms with van der Waals surface area (Å²) in [5.74, 6) is -0.543. The maximum Gasteiger partial charge on any atom is 0.249 e. The first-order valence-electron chi connectivity index (χ1n) is 11.0. The Morgan fingerprint density at radius 2 is 1.15 bits per heavy atom. The number of amides is 2. The molecule has 3 saturated carbocycles. The minimum absolute atomic E-state index is 0.0399. The largest absolute Gasteiger partial charge is 0.368 e. The van der Waals surface area contributed by atoms with Gasteiger partial charge in [-0.3, -0.25) is 14.9 Å². The molecule has 0 bridgehead atoms. The van der Waals surface area contributed by atoms with Gasteiger partial charge in [-0.1, -0.05) is 57.8 Å². The summed E-state index contributed by atoms with van der Waals surface area (Å²) in [5, 5.41) is 3.35. The Morgan fingerprint density at radius 1 is 0.731 bits per heavy atom. The van der Waals surface area contributed by atoms with Crippen LogP contribution < -0.4 is 11.1 Å². The van der Waals surface area contributed by atoms with E-state index in [0.717, 1.165) is 38.5 Å². The van der Waals surface area contributed by atoms with Gasteiger partial charge in [0, 0.05) is 18.1 Å². The van der Waals surface area contributed by atoms with Crippen molar-refractivity contribution >= 4 is 11.8 Å². The summed E-state index contributed by atoms with van der Waals surface area (Å²) >= 11 is 0. The molecule has 0 aromatic heterocycles. The molecular formula is C21H37N3O2. The number of hydrogen-bond acceptors (Lipinski definition) is 3. The van der Waals surface area contributed by atoms with Gasteiger partial charge in [0.2, 0.25) is 11.8 Å². The normalized spacial score (nSPS) is 24.9. The Kier molecular flexibility index (Phi) is 7.35. The molecule has 3 rings (SSSR count). The van der Waals surface area contributed by atoms with Gasteiger partial charge in [0.05, 0.1) is 0 Å². The van der Waals surface area contributed by atoms with E-state index in [1.165, 1.54) is 57.8 Å². The van der Waals surface area contributed by atoms with Gasteiger partial charge in [-0.25, -0.2) is 0 Å². The summed E-state index contributed by atoms with van der Waals surface area (Å²) in [4.78, 5) is 27.8. The molecule has 3 aliphatic rings. The molecule has 0 aromatic rings. The van der Waals surface area contributed by atoms with Crippen molar-refractivity contribution in [3.63, 3.8) is 0 Å². The molecule has 148 valence electrons. The van der Waals surface area contributed by atoms with E-state index in [4.69, 9.17) is 5.73 Å². The number of rotatable bonds is 6. The van der Waals surface area contributed by atoms with E-state index < -0.39 is 11.9 Å². The lowest BCUT2D eigenvalue weighted by molar-refractivity contribution is -0.144. The summed E-state index contributed by atoms with van der Waals surface area (Å²) in [6, 6.07) is 0.00965. The smallest absolute Gasteiger partial charge is 0.249 e. The van der Waals surface area contributed by atoms with Crippen molar-refractivity contribution in [1.82, 2.24) is 10.2 Å². The first-order valence-corrected chi connectivity index (χ1v) is 11.0. The van der Waals surface area contributed by atoms with Crippen molar-refractivity contribution in [3.8, 4) is 0 Å². The second kappa shape index (κ2) is 9.72. The number of hydrogen-bond donors (Lipinski definition) is 2. The molecule has 0 heterocycles. The van der Waals surface area contributed by atoms with Gasteiger partial charge in [-0.2, -0.15) is 0 Å². The van der Waals surface area contributed by atoms with E-state index in [2.05, 4.69) is 10.2 Å². The van der Waals surface area contributed by atoms with Crippen molar-refractivity contribution in [2.24, 2.45) is 5.73 Å². The topological polar surface area (TPSA) is 75.4 Å². The maximum absolute atomic E-state index is 13.5. The van der Waals surface area contributed by atoms with E-state index >= 15 is 0 Å². The molecule has 5 heteroatoms. The van der Waals surface area contributed by atoms with Crippen LogP contribution in [0.2, 0.25) is 0 Å². The highest BCUT2D eigenvalue weighted by atomic mass is 16.2. The van der Waals surface area contributed by atoms with Gasteiger partial charge >= 0.3 is 0 Å². The highest BCUT2D eigenvalue weighted by Gasteiger charge is 2.38. The second-order valence-corrected chi connectivity index (χ2v) is 8.67. The van der Waals surface area contributed by atoms with Gasteiger partial charge in [-0.15, -0.1) is 0 Å². The fourth-order valence-corrected chi connectivity index (χ4v) is 5.31. The average molecular weight is 364 g/mol. The third-order valence-electron chi connectivity index (χ3n) is 6.73. The zero-order chi connectivity index (χ0) is 18.4. The summed E-state index contributed by atoms with van der Waals surface area (Å²) in [7, 11) is 0. The Labute approximate surface area is 158 Å². The SMILES string of the molecule is NC(=O)C(NC1CCCCC1)C(=O)N(C1CCCCC1)C1CCCCC1. The molecule has 1 atom stereocenters. The van der Waals surface area contributed by atoms with Gasteiger partial charge in [-0.05, 0) is 38.5 Å². The highest BCUT2D eigenvalue weighted by molar-refractivity contribution is 6.04.